The molecule has 0 unspecified atom stereocenters. The van der Waals surface area contributed by atoms with Gasteiger partial charge in [0.15, 0.2) is 0 Å². The number of imidazole rings is 1. The van der Waals surface area contributed by atoms with Crippen molar-refractivity contribution in [2.45, 2.75) is 6.92 Å². The van der Waals surface area contributed by atoms with Gasteiger partial charge < -0.3 is 5.73 Å². The van der Waals surface area contributed by atoms with Crippen LogP contribution in [0.25, 0.3) is 17.0 Å². The first-order valence-electron chi connectivity index (χ1n) is 5.42. The van der Waals surface area contributed by atoms with Gasteiger partial charge in [-0.3, -0.25) is 9.38 Å². The number of nitrogens with zero attached hydrogens (tertiary/aromatic N) is 3. The van der Waals surface area contributed by atoms with Gasteiger partial charge in [-0.15, -0.1) is 0 Å². The van der Waals surface area contributed by atoms with E-state index >= 15 is 0 Å². The van der Waals surface area contributed by atoms with E-state index < -0.39 is 0 Å². The maximum absolute atomic E-state index is 6.10. The Kier molecular flexibility index (Phi) is 2.08. The van der Waals surface area contributed by atoms with Gasteiger partial charge in [-0.1, -0.05) is 12.1 Å². The largest absolute Gasteiger partial charge is 0.383 e. The molecule has 2 N–H and O–H groups in total. The Hall–Kier alpha value is -2.36. The molecule has 0 bridgehead atoms. The number of rotatable bonds is 1. The van der Waals surface area contributed by atoms with Crippen LogP contribution in [-0.4, -0.2) is 14.4 Å². The number of fused-ring (bicyclic) bond motifs is 1. The molecule has 0 spiro atoms. The number of nitrogen functional groups attached to an aromatic ring is 1. The summed E-state index contributed by atoms with van der Waals surface area (Å²) in [6.07, 6.45) is 3.66. The summed E-state index contributed by atoms with van der Waals surface area (Å²) in [4.78, 5) is 8.84. The smallest absolute Gasteiger partial charge is 0.142 e. The van der Waals surface area contributed by atoms with Gasteiger partial charge in [-0.2, -0.15) is 0 Å². The van der Waals surface area contributed by atoms with Crippen LogP contribution in [0, 0.1) is 6.92 Å². The summed E-state index contributed by atoms with van der Waals surface area (Å²) in [5, 5.41) is 0. The average molecular weight is 224 g/mol. The van der Waals surface area contributed by atoms with E-state index in [1.807, 2.05) is 47.9 Å². The molecule has 0 aromatic carbocycles. The Balaban J connectivity index is 2.32. The molecule has 4 nitrogen and oxygen atoms in total. The highest BCUT2D eigenvalue weighted by Crippen LogP contribution is 2.25. The topological polar surface area (TPSA) is 56.2 Å². The van der Waals surface area contributed by atoms with E-state index in [0.717, 1.165) is 22.6 Å². The summed E-state index contributed by atoms with van der Waals surface area (Å²) in [6.45, 7) is 2.02. The van der Waals surface area contributed by atoms with Gasteiger partial charge in [0.25, 0.3) is 0 Å². The first-order valence-corrected chi connectivity index (χ1v) is 5.42. The van der Waals surface area contributed by atoms with Crippen LogP contribution in [0.1, 0.15) is 5.56 Å². The van der Waals surface area contributed by atoms with Crippen molar-refractivity contribution in [2.75, 3.05) is 5.73 Å². The number of hydrogen-bond acceptors (Lipinski definition) is 3. The second kappa shape index (κ2) is 3.59. The molecule has 0 radical (unpaired) electrons. The molecule has 0 aliphatic heterocycles. The van der Waals surface area contributed by atoms with Gasteiger partial charge in [-0.25, -0.2) is 4.98 Å². The fourth-order valence-electron chi connectivity index (χ4n) is 1.91. The van der Waals surface area contributed by atoms with Crippen LogP contribution < -0.4 is 5.73 Å². The Morgan fingerprint density at radius 2 is 2.06 bits per heavy atom. The van der Waals surface area contributed by atoms with Crippen molar-refractivity contribution in [1.82, 2.24) is 14.4 Å². The Morgan fingerprint density at radius 1 is 1.18 bits per heavy atom. The summed E-state index contributed by atoms with van der Waals surface area (Å²) >= 11 is 0. The van der Waals surface area contributed by atoms with Gasteiger partial charge in [0, 0.05) is 12.4 Å². The maximum Gasteiger partial charge on any atom is 0.142 e. The van der Waals surface area contributed by atoms with Crippen molar-refractivity contribution in [2.24, 2.45) is 0 Å². The van der Waals surface area contributed by atoms with Crippen molar-refractivity contribution >= 4 is 11.5 Å². The van der Waals surface area contributed by atoms with Crippen LogP contribution in [0.2, 0.25) is 0 Å². The van der Waals surface area contributed by atoms with E-state index in [2.05, 4.69) is 9.97 Å². The van der Waals surface area contributed by atoms with E-state index in [0.29, 0.717) is 5.82 Å². The van der Waals surface area contributed by atoms with Crippen LogP contribution >= 0.6 is 0 Å². The second-order valence-electron chi connectivity index (χ2n) is 3.95. The monoisotopic (exact) mass is 224 g/mol. The number of aromatic nitrogens is 3. The highest BCUT2D eigenvalue weighted by molar-refractivity contribution is 5.73. The third-order valence-electron chi connectivity index (χ3n) is 2.79. The standard InChI is InChI=1S/C13H12N4/c1-9-5-4-8-17-12(14)11(16-13(9)17)10-6-2-3-7-15-10/h2-8H,14H2,1H3. The lowest BCUT2D eigenvalue weighted by Crippen LogP contribution is -1.94. The Morgan fingerprint density at radius 3 is 2.76 bits per heavy atom. The van der Waals surface area contributed by atoms with E-state index in [9.17, 15) is 0 Å². The van der Waals surface area contributed by atoms with E-state index in [1.165, 1.54) is 0 Å². The molecule has 3 aromatic rings. The zero-order chi connectivity index (χ0) is 11.8. The molecule has 0 aliphatic rings. The molecule has 0 aliphatic carbocycles. The summed E-state index contributed by atoms with van der Waals surface area (Å²) in [6, 6.07) is 9.69. The minimum atomic E-state index is 0.627. The number of aryl methyl sites for hydroxylation is 1. The van der Waals surface area contributed by atoms with Gasteiger partial charge >= 0.3 is 0 Å². The fourth-order valence-corrected chi connectivity index (χ4v) is 1.91. The van der Waals surface area contributed by atoms with Gasteiger partial charge in [0.05, 0.1) is 5.69 Å². The van der Waals surface area contributed by atoms with Crippen LogP contribution in [0.4, 0.5) is 5.82 Å². The zero-order valence-electron chi connectivity index (χ0n) is 9.46. The van der Waals surface area contributed by atoms with E-state index in [4.69, 9.17) is 5.73 Å². The lowest BCUT2D eigenvalue weighted by molar-refractivity contribution is 1.17. The van der Waals surface area contributed by atoms with E-state index in [-0.39, 0.29) is 0 Å². The molecule has 3 heterocycles. The molecule has 3 rings (SSSR count). The Labute approximate surface area is 98.8 Å². The molecule has 0 saturated heterocycles. The Bertz CT molecular complexity index is 670. The molecule has 4 heteroatoms. The summed E-state index contributed by atoms with van der Waals surface area (Å²) in [7, 11) is 0. The van der Waals surface area contributed by atoms with Crippen LogP contribution in [0.15, 0.2) is 42.7 Å². The van der Waals surface area contributed by atoms with Crippen LogP contribution in [-0.2, 0) is 0 Å². The maximum atomic E-state index is 6.10. The summed E-state index contributed by atoms with van der Waals surface area (Å²) < 4.78 is 1.89. The number of nitrogens with two attached hydrogens (primary N) is 1. The van der Waals surface area contributed by atoms with Crippen LogP contribution in [0.5, 0.6) is 0 Å². The number of pyridine rings is 2. The van der Waals surface area contributed by atoms with Crippen molar-refractivity contribution in [3.63, 3.8) is 0 Å². The lowest BCUT2D eigenvalue weighted by atomic mass is 10.3. The van der Waals surface area contributed by atoms with Gasteiger partial charge in [-0.05, 0) is 30.7 Å². The minimum Gasteiger partial charge on any atom is -0.383 e. The first-order chi connectivity index (χ1) is 8.27. The molecule has 3 aromatic heterocycles. The highest BCUT2D eigenvalue weighted by atomic mass is 15.1. The van der Waals surface area contributed by atoms with E-state index in [1.54, 1.807) is 6.20 Å². The molecule has 0 amide bonds. The highest BCUT2D eigenvalue weighted by Gasteiger charge is 2.12. The normalized spacial score (nSPS) is 10.9. The first kappa shape index (κ1) is 9.84. The predicted molar refractivity (Wildman–Crippen MR) is 67.6 cm³/mol. The molecule has 84 valence electrons. The van der Waals surface area contributed by atoms with Crippen molar-refractivity contribution < 1.29 is 0 Å². The van der Waals surface area contributed by atoms with Crippen molar-refractivity contribution in [3.8, 4) is 11.4 Å². The SMILES string of the molecule is Cc1cccn2c(N)c(-c3ccccn3)nc12. The molecule has 0 atom stereocenters. The lowest BCUT2D eigenvalue weighted by Gasteiger charge is -1.98. The molecule has 0 saturated carbocycles. The second-order valence-corrected chi connectivity index (χ2v) is 3.95. The van der Waals surface area contributed by atoms with Gasteiger partial charge in [0.1, 0.15) is 17.2 Å². The molecule has 0 fully saturated rings. The van der Waals surface area contributed by atoms with Crippen molar-refractivity contribution in [1.29, 1.82) is 0 Å². The number of hydrogen-bond donors (Lipinski definition) is 1. The van der Waals surface area contributed by atoms with Crippen LogP contribution in [0.3, 0.4) is 0 Å². The van der Waals surface area contributed by atoms with Gasteiger partial charge in [0.2, 0.25) is 0 Å². The average Bonchev–Trinajstić information content (AvgIpc) is 2.70. The zero-order valence-corrected chi connectivity index (χ0v) is 9.46. The number of anilines is 1. The summed E-state index contributed by atoms with van der Waals surface area (Å²) in [5.41, 5.74) is 9.61. The fraction of sp³-hybridized carbons (Fsp3) is 0.0769. The quantitative estimate of drug-likeness (QED) is 0.690. The third kappa shape index (κ3) is 1.45. The molecular formula is C13H12N4. The predicted octanol–water partition coefficient (Wildman–Crippen LogP) is 2.29. The summed E-state index contributed by atoms with van der Waals surface area (Å²) in [5.74, 6) is 0.627. The van der Waals surface area contributed by atoms with Crippen molar-refractivity contribution in [3.05, 3.63) is 48.3 Å². The molecular weight excluding hydrogens is 212 g/mol. The molecule has 17 heavy (non-hydrogen) atoms. The minimum absolute atomic E-state index is 0.627. The third-order valence-corrected chi connectivity index (χ3v) is 2.79.